The van der Waals surface area contributed by atoms with Gasteiger partial charge in [0.25, 0.3) is 8.53 Å². The minimum atomic E-state index is -1.81. The molecule has 1 N–H and O–H groups in total. The lowest BCUT2D eigenvalue weighted by Gasteiger charge is -2.39. The highest BCUT2D eigenvalue weighted by atomic mass is 31.2. The molecule has 0 aliphatic carbocycles. The van der Waals surface area contributed by atoms with E-state index in [2.05, 4.69) is 58.7 Å². The molecule has 1 saturated heterocycles. The molecule has 15 nitrogen and oxygen atoms in total. The van der Waals surface area contributed by atoms with Crippen molar-refractivity contribution in [3.63, 3.8) is 0 Å². The van der Waals surface area contributed by atoms with E-state index in [9.17, 15) is 10.1 Å². The summed E-state index contributed by atoms with van der Waals surface area (Å²) in [6, 6.07) is 37.8. The Morgan fingerprint density at radius 1 is 0.846 bits per heavy atom. The van der Waals surface area contributed by atoms with E-state index < -0.39 is 38.7 Å². The highest BCUT2D eigenvalue weighted by molar-refractivity contribution is 7.44. The van der Waals surface area contributed by atoms with Gasteiger partial charge < -0.3 is 38.0 Å². The Labute approximate surface area is 381 Å². The van der Waals surface area contributed by atoms with Gasteiger partial charge in [-0.1, -0.05) is 84.9 Å². The Morgan fingerprint density at radius 2 is 1.45 bits per heavy atom. The van der Waals surface area contributed by atoms with E-state index >= 15 is 0 Å². The van der Waals surface area contributed by atoms with E-state index in [0.717, 1.165) is 22.3 Å². The first-order valence-electron chi connectivity index (χ1n) is 21.6. The summed E-state index contributed by atoms with van der Waals surface area (Å²) in [6.45, 7) is 10.1. The van der Waals surface area contributed by atoms with Crippen LogP contribution in [0.15, 0.2) is 122 Å². The first kappa shape index (κ1) is 47.2. The number of methoxy groups -OCH3 is 2. The molecule has 4 aromatic carbocycles. The molecule has 2 aromatic heterocycles. The lowest BCUT2D eigenvalue weighted by Crippen LogP contribution is -2.43. The van der Waals surface area contributed by atoms with Crippen LogP contribution in [0.1, 0.15) is 69.5 Å². The van der Waals surface area contributed by atoms with Crippen molar-refractivity contribution < 1.29 is 37.5 Å². The molecule has 16 heteroatoms. The maximum Gasteiger partial charge on any atom is 0.259 e. The molecule has 3 heterocycles. The van der Waals surface area contributed by atoms with Gasteiger partial charge in [0.15, 0.2) is 23.2 Å². The number of aromatic nitrogens is 4. The number of amides is 1. The van der Waals surface area contributed by atoms with Gasteiger partial charge in [0.05, 0.1) is 52.9 Å². The zero-order chi connectivity index (χ0) is 45.9. The average Bonchev–Trinajstić information content (AvgIpc) is 3.90. The minimum absolute atomic E-state index is 0.0111. The molecular formula is C49H56N7O8P. The van der Waals surface area contributed by atoms with E-state index in [0.29, 0.717) is 22.7 Å². The molecule has 340 valence electrons. The highest BCUT2D eigenvalue weighted by Crippen LogP contribution is 2.52. The van der Waals surface area contributed by atoms with E-state index in [1.54, 1.807) is 25.1 Å². The summed E-state index contributed by atoms with van der Waals surface area (Å²) in [5.41, 5.74) is 3.09. The minimum Gasteiger partial charge on any atom is -0.497 e. The van der Waals surface area contributed by atoms with Crippen LogP contribution in [0.5, 0.6) is 11.5 Å². The Morgan fingerprint density at radius 3 is 2.02 bits per heavy atom. The van der Waals surface area contributed by atoms with Crippen molar-refractivity contribution >= 4 is 31.4 Å². The number of benzene rings is 4. The van der Waals surface area contributed by atoms with Gasteiger partial charge in [-0.25, -0.2) is 19.6 Å². The third-order valence-electron chi connectivity index (χ3n) is 11.0. The van der Waals surface area contributed by atoms with Gasteiger partial charge >= 0.3 is 0 Å². The summed E-state index contributed by atoms with van der Waals surface area (Å²) >= 11 is 0. The van der Waals surface area contributed by atoms with Crippen LogP contribution >= 0.6 is 8.53 Å². The number of carbonyl (C=O) groups excluding carboxylic acids is 1. The number of rotatable bonds is 21. The number of imidazole rings is 1. The lowest BCUT2D eigenvalue weighted by molar-refractivity contribution is -0.114. The number of hydrogen-bond donors (Lipinski definition) is 1. The molecule has 0 saturated carbocycles. The average molecular weight is 902 g/mol. The summed E-state index contributed by atoms with van der Waals surface area (Å²) in [4.78, 5) is 25.8. The molecule has 3 unspecified atom stereocenters. The monoisotopic (exact) mass is 901 g/mol. The largest absolute Gasteiger partial charge is 0.497 e. The summed E-state index contributed by atoms with van der Waals surface area (Å²) in [7, 11) is 1.46. The van der Waals surface area contributed by atoms with E-state index in [1.165, 1.54) is 13.3 Å². The van der Waals surface area contributed by atoms with E-state index in [1.807, 2.05) is 109 Å². The van der Waals surface area contributed by atoms with Gasteiger partial charge in [0.1, 0.15) is 41.7 Å². The molecule has 6 aromatic rings. The van der Waals surface area contributed by atoms with E-state index in [-0.39, 0.29) is 50.1 Å². The van der Waals surface area contributed by atoms with Crippen molar-refractivity contribution in [1.82, 2.24) is 24.2 Å². The fourth-order valence-electron chi connectivity index (χ4n) is 8.11. The highest BCUT2D eigenvalue weighted by Gasteiger charge is 2.52. The fourth-order valence-corrected chi connectivity index (χ4v) is 9.88. The van der Waals surface area contributed by atoms with Gasteiger partial charge in [0, 0.05) is 19.0 Å². The van der Waals surface area contributed by atoms with Crippen LogP contribution in [0.2, 0.25) is 0 Å². The zero-order valence-corrected chi connectivity index (χ0v) is 38.6. The Balaban J connectivity index is 1.39. The van der Waals surface area contributed by atoms with Crippen molar-refractivity contribution in [1.29, 1.82) is 5.26 Å². The van der Waals surface area contributed by atoms with Crippen LogP contribution in [0.3, 0.4) is 0 Å². The second-order valence-corrected chi connectivity index (χ2v) is 17.4. The van der Waals surface area contributed by atoms with Crippen molar-refractivity contribution in [3.05, 3.63) is 144 Å². The maximum absolute atomic E-state index is 12.2. The van der Waals surface area contributed by atoms with Crippen molar-refractivity contribution in [3.8, 4) is 17.6 Å². The molecule has 1 aliphatic heterocycles. The zero-order valence-electron chi connectivity index (χ0n) is 37.7. The fraction of sp³-hybridized carbons (Fsp3) is 0.367. The SMILES string of the molecule is COc1ccc(C(OCC2OC(n3cnc4c(NC(C)=O)ncnc43)[C@H](OCc3ccccc3)[C@@H]2OP(OCCC#N)N(C(C)C)C(C)C)(c2ccccc2)c2ccc(OC)cc2)cc1. The summed E-state index contributed by atoms with van der Waals surface area (Å²) in [5, 5.41) is 12.3. The summed E-state index contributed by atoms with van der Waals surface area (Å²) in [5.74, 6) is 1.36. The number of nitriles is 1. The first-order chi connectivity index (χ1) is 31.6. The Kier molecular flexibility index (Phi) is 15.9. The van der Waals surface area contributed by atoms with Gasteiger partial charge in [-0.05, 0) is 74.2 Å². The Bertz CT molecular complexity index is 2430. The van der Waals surface area contributed by atoms with Crippen LogP contribution in [0.4, 0.5) is 5.82 Å². The number of hydrogen-bond acceptors (Lipinski definition) is 13. The molecule has 7 rings (SSSR count). The summed E-state index contributed by atoms with van der Waals surface area (Å²) < 4.78 is 50.6. The molecule has 0 bridgehead atoms. The number of nitrogens with one attached hydrogen (secondary N) is 1. The topological polar surface area (TPSA) is 164 Å². The van der Waals surface area contributed by atoms with Gasteiger partial charge in [-0.3, -0.25) is 9.36 Å². The number of anilines is 1. The van der Waals surface area contributed by atoms with Crippen LogP contribution in [0.25, 0.3) is 11.2 Å². The quantitative estimate of drug-likeness (QED) is 0.0414. The standard InChI is InChI=1S/C49H56N7O8P/c1-33(2)56(34(3)4)65(62-28-14-27-50)64-44-42(30-61-49(37-17-12-9-13-18-37,38-19-23-40(58-6)24-20-38)39-21-25-41(59-7)26-22-39)63-48(45(44)60-29-36-15-10-8-11-16-36)55-32-53-43-46(54-35(5)57)51-31-52-47(43)55/h8-13,15-26,31-34,42,44-45,48H,14,28-30H2,1-7H3,(H,51,52,54,57)/t42?,44-,45-,48?,65?/m1/s1. The predicted molar refractivity (Wildman–Crippen MR) is 247 cm³/mol. The number of carbonyl (C=O) groups is 1. The van der Waals surface area contributed by atoms with Crippen LogP contribution in [0, 0.1) is 11.3 Å². The molecule has 1 aliphatic rings. The molecule has 1 fully saturated rings. The summed E-state index contributed by atoms with van der Waals surface area (Å²) in [6.07, 6.45) is -0.155. The molecule has 5 atom stereocenters. The van der Waals surface area contributed by atoms with Crippen LogP contribution < -0.4 is 14.8 Å². The second-order valence-electron chi connectivity index (χ2n) is 16.0. The number of nitrogens with zero attached hydrogens (tertiary/aromatic N) is 6. The van der Waals surface area contributed by atoms with E-state index in [4.69, 9.17) is 32.7 Å². The van der Waals surface area contributed by atoms with Crippen molar-refractivity contribution in [2.24, 2.45) is 0 Å². The Hall–Kier alpha value is -5.82. The molecule has 0 spiro atoms. The van der Waals surface area contributed by atoms with Crippen LogP contribution in [-0.2, 0) is 40.3 Å². The first-order valence-corrected chi connectivity index (χ1v) is 22.7. The molecular weight excluding hydrogens is 846 g/mol. The number of ether oxygens (including phenoxy) is 5. The van der Waals surface area contributed by atoms with Gasteiger partial charge in [0.2, 0.25) is 5.91 Å². The maximum atomic E-state index is 12.2. The van der Waals surface area contributed by atoms with Crippen molar-refractivity contribution in [2.75, 3.05) is 32.8 Å². The molecule has 1 amide bonds. The normalized spacial score (nSPS) is 18.0. The third kappa shape index (κ3) is 10.7. The van der Waals surface area contributed by atoms with Crippen molar-refractivity contribution in [2.45, 2.75) is 89.9 Å². The molecule has 0 radical (unpaired) electrons. The lowest BCUT2D eigenvalue weighted by atomic mass is 9.80. The predicted octanol–water partition coefficient (Wildman–Crippen LogP) is 8.95. The second kappa shape index (κ2) is 21.9. The smallest absolute Gasteiger partial charge is 0.259 e. The number of fused-ring (bicyclic) bond motifs is 1. The molecule has 65 heavy (non-hydrogen) atoms. The van der Waals surface area contributed by atoms with Gasteiger partial charge in [-0.2, -0.15) is 5.26 Å². The third-order valence-corrected chi connectivity index (χ3v) is 13.1. The van der Waals surface area contributed by atoms with Crippen LogP contribution in [-0.4, -0.2) is 87.9 Å². The van der Waals surface area contributed by atoms with Gasteiger partial charge in [-0.15, -0.1) is 0 Å².